The Balaban J connectivity index is 2.29. The van der Waals surface area contributed by atoms with Crippen LogP contribution in [0.2, 0.25) is 0 Å². The Bertz CT molecular complexity index is 482. The number of carbonyl (C=O) groups excluding carboxylic acids is 1. The fourth-order valence-electron chi connectivity index (χ4n) is 1.65. The van der Waals surface area contributed by atoms with Gasteiger partial charge in [0.2, 0.25) is 0 Å². The van der Waals surface area contributed by atoms with E-state index in [9.17, 15) is 4.79 Å². The highest BCUT2D eigenvalue weighted by Crippen LogP contribution is 2.15. The van der Waals surface area contributed by atoms with Gasteiger partial charge in [0, 0.05) is 11.3 Å². The quantitative estimate of drug-likeness (QED) is 0.816. The molecule has 0 unspecified atom stereocenters. The Morgan fingerprint density at radius 1 is 0.941 bits per heavy atom. The molecule has 0 saturated heterocycles. The lowest BCUT2D eigenvalue weighted by atomic mass is 10.2. The lowest BCUT2D eigenvalue weighted by molar-refractivity contribution is 0.0987. The molecule has 0 aliphatic carbocycles. The Morgan fingerprint density at radius 2 is 1.47 bits per heavy atom. The van der Waals surface area contributed by atoms with Gasteiger partial charge < -0.3 is 5.73 Å². The fraction of sp³-hybridized carbons (Fsp3) is 0.0714. The standard InChI is InChI=1S/C14H14N2O/c15-11-16(13-9-5-2-6-10-13)14(17)12-7-3-1-4-8-12/h1-10H,11,15H2. The van der Waals surface area contributed by atoms with Gasteiger partial charge in [0.25, 0.3) is 5.91 Å². The number of hydrogen-bond donors (Lipinski definition) is 1. The molecule has 0 aliphatic rings. The summed E-state index contributed by atoms with van der Waals surface area (Å²) >= 11 is 0. The average Bonchev–Trinajstić information content (AvgIpc) is 2.42. The normalized spacial score (nSPS) is 9.94. The molecule has 0 fully saturated rings. The highest BCUT2D eigenvalue weighted by atomic mass is 16.2. The van der Waals surface area contributed by atoms with E-state index in [-0.39, 0.29) is 12.6 Å². The van der Waals surface area contributed by atoms with Gasteiger partial charge in [0.1, 0.15) is 0 Å². The molecule has 17 heavy (non-hydrogen) atoms. The monoisotopic (exact) mass is 226 g/mol. The first kappa shape index (κ1) is 11.4. The number of rotatable bonds is 3. The van der Waals surface area contributed by atoms with Gasteiger partial charge in [0.15, 0.2) is 0 Å². The van der Waals surface area contributed by atoms with Crippen molar-refractivity contribution >= 4 is 11.6 Å². The van der Waals surface area contributed by atoms with E-state index in [1.807, 2.05) is 48.5 Å². The molecule has 2 aromatic rings. The minimum Gasteiger partial charge on any atom is -0.313 e. The number of hydrogen-bond acceptors (Lipinski definition) is 2. The van der Waals surface area contributed by atoms with Crippen molar-refractivity contribution < 1.29 is 4.79 Å². The number of nitrogens with two attached hydrogens (primary N) is 1. The second-order valence-corrected chi connectivity index (χ2v) is 3.62. The van der Waals surface area contributed by atoms with Gasteiger partial charge in [-0.2, -0.15) is 0 Å². The number of carbonyl (C=O) groups is 1. The van der Waals surface area contributed by atoms with Gasteiger partial charge in [-0.3, -0.25) is 9.69 Å². The fourth-order valence-corrected chi connectivity index (χ4v) is 1.65. The zero-order chi connectivity index (χ0) is 12.1. The third kappa shape index (κ3) is 2.52. The summed E-state index contributed by atoms with van der Waals surface area (Å²) in [5.74, 6) is -0.0840. The molecule has 3 heteroatoms. The van der Waals surface area contributed by atoms with E-state index in [1.54, 1.807) is 17.0 Å². The van der Waals surface area contributed by atoms with Crippen molar-refractivity contribution in [3.05, 3.63) is 66.2 Å². The zero-order valence-corrected chi connectivity index (χ0v) is 9.41. The zero-order valence-electron chi connectivity index (χ0n) is 9.41. The highest BCUT2D eigenvalue weighted by molar-refractivity contribution is 6.05. The van der Waals surface area contributed by atoms with E-state index in [1.165, 1.54) is 0 Å². The molecule has 0 atom stereocenters. The largest absolute Gasteiger partial charge is 0.313 e. The predicted molar refractivity (Wildman–Crippen MR) is 68.7 cm³/mol. The summed E-state index contributed by atoms with van der Waals surface area (Å²) in [6, 6.07) is 18.5. The second kappa shape index (κ2) is 5.27. The SMILES string of the molecule is NCN(C(=O)c1ccccc1)c1ccccc1. The first-order valence-electron chi connectivity index (χ1n) is 5.45. The van der Waals surface area contributed by atoms with Gasteiger partial charge in [-0.1, -0.05) is 36.4 Å². The van der Waals surface area contributed by atoms with Crippen LogP contribution in [0.4, 0.5) is 5.69 Å². The van der Waals surface area contributed by atoms with Crippen LogP contribution >= 0.6 is 0 Å². The Kier molecular flexibility index (Phi) is 3.52. The molecule has 0 saturated carbocycles. The third-order valence-electron chi connectivity index (χ3n) is 2.52. The summed E-state index contributed by atoms with van der Waals surface area (Å²) in [5.41, 5.74) is 7.10. The van der Waals surface area contributed by atoms with Crippen molar-refractivity contribution in [1.82, 2.24) is 0 Å². The number of benzene rings is 2. The first-order valence-corrected chi connectivity index (χ1v) is 5.45. The minimum absolute atomic E-state index is 0.0840. The van der Waals surface area contributed by atoms with E-state index in [4.69, 9.17) is 5.73 Å². The van der Waals surface area contributed by atoms with Crippen molar-refractivity contribution in [3.63, 3.8) is 0 Å². The number of nitrogens with zero attached hydrogens (tertiary/aromatic N) is 1. The van der Waals surface area contributed by atoms with E-state index < -0.39 is 0 Å². The van der Waals surface area contributed by atoms with Crippen LogP contribution in [0.25, 0.3) is 0 Å². The molecule has 0 aliphatic heterocycles. The lowest BCUT2D eigenvalue weighted by Gasteiger charge is -2.20. The van der Waals surface area contributed by atoms with Crippen LogP contribution in [0.3, 0.4) is 0 Å². The molecular formula is C14H14N2O. The lowest BCUT2D eigenvalue weighted by Crippen LogP contribution is -2.35. The van der Waals surface area contributed by atoms with Crippen molar-refractivity contribution in [3.8, 4) is 0 Å². The second-order valence-electron chi connectivity index (χ2n) is 3.62. The maximum Gasteiger partial charge on any atom is 0.259 e. The molecule has 2 rings (SSSR count). The van der Waals surface area contributed by atoms with Crippen LogP contribution in [-0.4, -0.2) is 12.6 Å². The van der Waals surface area contributed by atoms with Crippen LogP contribution in [0.5, 0.6) is 0 Å². The minimum atomic E-state index is -0.0840. The molecule has 0 spiro atoms. The summed E-state index contributed by atoms with van der Waals surface area (Å²) < 4.78 is 0. The number of anilines is 1. The smallest absolute Gasteiger partial charge is 0.259 e. The van der Waals surface area contributed by atoms with E-state index in [0.29, 0.717) is 5.56 Å². The Morgan fingerprint density at radius 3 is 2.00 bits per heavy atom. The van der Waals surface area contributed by atoms with Crippen molar-refractivity contribution in [2.75, 3.05) is 11.6 Å². The van der Waals surface area contributed by atoms with E-state index >= 15 is 0 Å². The van der Waals surface area contributed by atoms with Crippen LogP contribution < -0.4 is 10.6 Å². The van der Waals surface area contributed by atoms with E-state index in [0.717, 1.165) is 5.69 Å². The molecular weight excluding hydrogens is 212 g/mol. The average molecular weight is 226 g/mol. The molecule has 3 nitrogen and oxygen atoms in total. The molecule has 0 heterocycles. The van der Waals surface area contributed by atoms with Gasteiger partial charge in [-0.05, 0) is 24.3 Å². The number of amides is 1. The first-order chi connectivity index (χ1) is 8.33. The maximum atomic E-state index is 12.2. The summed E-state index contributed by atoms with van der Waals surface area (Å²) in [4.78, 5) is 13.8. The van der Waals surface area contributed by atoms with Crippen molar-refractivity contribution in [1.29, 1.82) is 0 Å². The molecule has 0 bridgehead atoms. The van der Waals surface area contributed by atoms with Crippen molar-refractivity contribution in [2.24, 2.45) is 5.73 Å². The van der Waals surface area contributed by atoms with Gasteiger partial charge >= 0.3 is 0 Å². The van der Waals surface area contributed by atoms with Gasteiger partial charge in [0.05, 0.1) is 6.67 Å². The van der Waals surface area contributed by atoms with Crippen LogP contribution in [0, 0.1) is 0 Å². The molecule has 0 aromatic heterocycles. The predicted octanol–water partition coefficient (Wildman–Crippen LogP) is 2.25. The summed E-state index contributed by atoms with van der Waals surface area (Å²) in [6.45, 7) is 0.164. The topological polar surface area (TPSA) is 46.3 Å². The number of para-hydroxylation sites is 1. The third-order valence-corrected chi connectivity index (χ3v) is 2.52. The highest BCUT2D eigenvalue weighted by Gasteiger charge is 2.15. The summed E-state index contributed by atoms with van der Waals surface area (Å²) in [5, 5.41) is 0. The molecule has 1 amide bonds. The van der Waals surface area contributed by atoms with E-state index in [2.05, 4.69) is 0 Å². The Labute approximate surface area is 100 Å². The van der Waals surface area contributed by atoms with Crippen LogP contribution in [0.15, 0.2) is 60.7 Å². The Hall–Kier alpha value is -2.13. The van der Waals surface area contributed by atoms with Gasteiger partial charge in [-0.25, -0.2) is 0 Å². The maximum absolute atomic E-state index is 12.2. The summed E-state index contributed by atoms with van der Waals surface area (Å²) in [6.07, 6.45) is 0. The van der Waals surface area contributed by atoms with Crippen LogP contribution in [0.1, 0.15) is 10.4 Å². The molecule has 2 N–H and O–H groups in total. The van der Waals surface area contributed by atoms with Gasteiger partial charge in [-0.15, -0.1) is 0 Å². The molecule has 86 valence electrons. The molecule has 2 aromatic carbocycles. The van der Waals surface area contributed by atoms with Crippen molar-refractivity contribution in [2.45, 2.75) is 0 Å². The van der Waals surface area contributed by atoms with Crippen LogP contribution in [-0.2, 0) is 0 Å². The molecule has 0 radical (unpaired) electrons. The summed E-state index contributed by atoms with van der Waals surface area (Å²) in [7, 11) is 0.